The lowest BCUT2D eigenvalue weighted by Crippen LogP contribution is -2.09. The van der Waals surface area contributed by atoms with Crippen molar-refractivity contribution in [2.45, 2.75) is 0 Å². The molecule has 0 saturated heterocycles. The van der Waals surface area contributed by atoms with Crippen LogP contribution in [0.25, 0.3) is 22.6 Å². The Morgan fingerprint density at radius 3 is 2.50 bits per heavy atom. The molecule has 0 fully saturated rings. The summed E-state index contributed by atoms with van der Waals surface area (Å²) in [4.78, 5) is 4.38. The molecule has 2 aromatic heterocycles. The Kier molecular flexibility index (Phi) is 4.65. The van der Waals surface area contributed by atoms with Gasteiger partial charge in [-0.05, 0) is 30.3 Å². The minimum absolute atomic E-state index is 0.190. The maximum atomic E-state index is 11.3. The van der Waals surface area contributed by atoms with Crippen LogP contribution < -0.4 is 9.46 Å². The highest BCUT2D eigenvalue weighted by Gasteiger charge is 2.17. The molecule has 3 aromatic rings. The summed E-state index contributed by atoms with van der Waals surface area (Å²) < 4.78 is 35.7. The number of nitriles is 1. The Morgan fingerprint density at radius 2 is 1.96 bits per heavy atom. The fourth-order valence-electron chi connectivity index (χ4n) is 2.47. The van der Waals surface area contributed by atoms with Gasteiger partial charge in [-0.15, -0.1) is 0 Å². The second kappa shape index (κ2) is 6.90. The van der Waals surface area contributed by atoms with Gasteiger partial charge in [-0.1, -0.05) is 12.1 Å². The van der Waals surface area contributed by atoms with E-state index in [1.807, 2.05) is 0 Å². The van der Waals surface area contributed by atoms with E-state index in [-0.39, 0.29) is 11.4 Å². The third-order valence-corrected chi connectivity index (χ3v) is 4.17. The number of rotatable bonds is 5. The van der Waals surface area contributed by atoms with Crippen LogP contribution in [0.3, 0.4) is 0 Å². The number of ether oxygens (including phenoxy) is 1. The number of methoxy groups -OCH3 is 1. The second-order valence-electron chi connectivity index (χ2n) is 5.48. The fraction of sp³-hybridized carbons (Fsp3) is 0.111. The SMILES string of the molecule is COc1nc(-c2ccc(NS(C)(=O)=O)cc2)cc(-c2ccco2)c1C#N. The van der Waals surface area contributed by atoms with Gasteiger partial charge in [-0.25, -0.2) is 13.4 Å². The zero-order valence-electron chi connectivity index (χ0n) is 14.1. The molecule has 0 aliphatic rings. The van der Waals surface area contributed by atoms with Gasteiger partial charge in [0.05, 0.1) is 25.3 Å². The summed E-state index contributed by atoms with van der Waals surface area (Å²) in [5.74, 6) is 0.716. The van der Waals surface area contributed by atoms with E-state index in [2.05, 4.69) is 15.8 Å². The number of anilines is 1. The highest BCUT2D eigenvalue weighted by molar-refractivity contribution is 7.92. The zero-order valence-corrected chi connectivity index (χ0v) is 14.9. The molecule has 0 saturated carbocycles. The Balaban J connectivity index is 2.08. The first-order valence-corrected chi connectivity index (χ1v) is 9.41. The van der Waals surface area contributed by atoms with Crippen LogP contribution in [0.4, 0.5) is 5.69 Å². The van der Waals surface area contributed by atoms with Crippen LogP contribution in [0.15, 0.2) is 53.1 Å². The average Bonchev–Trinajstić information content (AvgIpc) is 3.14. The van der Waals surface area contributed by atoms with E-state index < -0.39 is 10.0 Å². The number of nitrogens with zero attached hydrogens (tertiary/aromatic N) is 2. The van der Waals surface area contributed by atoms with Crippen molar-refractivity contribution in [3.63, 3.8) is 0 Å². The Bertz CT molecular complexity index is 1070. The number of pyridine rings is 1. The van der Waals surface area contributed by atoms with Crippen molar-refractivity contribution < 1.29 is 17.6 Å². The molecular formula is C18H15N3O4S. The molecule has 0 aliphatic carbocycles. The molecule has 0 radical (unpaired) electrons. The monoisotopic (exact) mass is 369 g/mol. The molecule has 8 heteroatoms. The van der Waals surface area contributed by atoms with Crippen molar-refractivity contribution in [1.82, 2.24) is 4.98 Å². The summed E-state index contributed by atoms with van der Waals surface area (Å²) in [5, 5.41) is 9.46. The van der Waals surface area contributed by atoms with Gasteiger partial charge in [-0.3, -0.25) is 4.72 Å². The normalized spacial score (nSPS) is 11.0. The first-order chi connectivity index (χ1) is 12.4. The smallest absolute Gasteiger partial charge is 0.232 e. The van der Waals surface area contributed by atoms with Crippen molar-refractivity contribution in [3.05, 3.63) is 54.3 Å². The van der Waals surface area contributed by atoms with Crippen molar-refractivity contribution in [3.8, 4) is 34.5 Å². The van der Waals surface area contributed by atoms with Crippen molar-refractivity contribution in [1.29, 1.82) is 5.26 Å². The van der Waals surface area contributed by atoms with Gasteiger partial charge in [0.15, 0.2) is 0 Å². The predicted molar refractivity (Wildman–Crippen MR) is 97.1 cm³/mol. The maximum Gasteiger partial charge on any atom is 0.232 e. The van der Waals surface area contributed by atoms with E-state index in [1.165, 1.54) is 13.4 Å². The van der Waals surface area contributed by atoms with Gasteiger partial charge < -0.3 is 9.15 Å². The van der Waals surface area contributed by atoms with Gasteiger partial charge in [0.1, 0.15) is 17.4 Å². The predicted octanol–water partition coefficient (Wildman–Crippen LogP) is 3.26. The maximum absolute atomic E-state index is 11.3. The van der Waals surface area contributed by atoms with Crippen LogP contribution >= 0.6 is 0 Å². The molecular weight excluding hydrogens is 354 g/mol. The van der Waals surface area contributed by atoms with Crippen LogP contribution in [0.5, 0.6) is 5.88 Å². The van der Waals surface area contributed by atoms with Gasteiger partial charge in [0.2, 0.25) is 15.9 Å². The van der Waals surface area contributed by atoms with Crippen LogP contribution in [-0.4, -0.2) is 26.8 Å². The van der Waals surface area contributed by atoms with E-state index in [1.54, 1.807) is 42.5 Å². The number of nitrogens with one attached hydrogen (secondary N) is 1. The molecule has 1 N–H and O–H groups in total. The van der Waals surface area contributed by atoms with Crippen LogP contribution in [0.2, 0.25) is 0 Å². The van der Waals surface area contributed by atoms with Crippen molar-refractivity contribution in [2.75, 3.05) is 18.1 Å². The van der Waals surface area contributed by atoms with E-state index in [9.17, 15) is 13.7 Å². The van der Waals surface area contributed by atoms with Gasteiger partial charge >= 0.3 is 0 Å². The Hall–Kier alpha value is -3.31. The van der Waals surface area contributed by atoms with Crippen molar-refractivity contribution >= 4 is 15.7 Å². The third kappa shape index (κ3) is 3.68. The number of furan rings is 1. The molecule has 1 aromatic carbocycles. The van der Waals surface area contributed by atoms with Crippen molar-refractivity contribution in [2.24, 2.45) is 0 Å². The molecule has 0 atom stereocenters. The molecule has 7 nitrogen and oxygen atoms in total. The number of hydrogen-bond acceptors (Lipinski definition) is 6. The summed E-state index contributed by atoms with van der Waals surface area (Å²) in [5.41, 5.74) is 2.60. The highest BCUT2D eigenvalue weighted by atomic mass is 32.2. The summed E-state index contributed by atoms with van der Waals surface area (Å²) in [6, 6.07) is 14.0. The fourth-order valence-corrected chi connectivity index (χ4v) is 3.04. The zero-order chi connectivity index (χ0) is 18.7. The van der Waals surface area contributed by atoms with Gasteiger partial charge in [0, 0.05) is 16.8 Å². The average molecular weight is 369 g/mol. The lowest BCUT2D eigenvalue weighted by molar-refractivity contribution is 0.397. The topological polar surface area (TPSA) is 105 Å². The Morgan fingerprint density at radius 1 is 1.23 bits per heavy atom. The summed E-state index contributed by atoms with van der Waals surface area (Å²) in [7, 11) is -1.90. The molecule has 0 spiro atoms. The van der Waals surface area contributed by atoms with Crippen LogP contribution in [0, 0.1) is 11.3 Å². The van der Waals surface area contributed by atoms with Crippen LogP contribution in [-0.2, 0) is 10.0 Å². The Labute approximate surface area is 150 Å². The summed E-state index contributed by atoms with van der Waals surface area (Å²) in [6.45, 7) is 0. The molecule has 2 heterocycles. The van der Waals surface area contributed by atoms with E-state index in [0.717, 1.165) is 11.8 Å². The molecule has 132 valence electrons. The molecule has 0 amide bonds. The quantitative estimate of drug-likeness (QED) is 0.740. The second-order valence-corrected chi connectivity index (χ2v) is 7.23. The number of aromatic nitrogens is 1. The highest BCUT2D eigenvalue weighted by Crippen LogP contribution is 2.33. The largest absolute Gasteiger partial charge is 0.480 e. The minimum atomic E-state index is -3.34. The first-order valence-electron chi connectivity index (χ1n) is 7.52. The summed E-state index contributed by atoms with van der Waals surface area (Å²) in [6.07, 6.45) is 2.61. The van der Waals surface area contributed by atoms with Gasteiger partial charge in [-0.2, -0.15) is 5.26 Å². The molecule has 0 bridgehead atoms. The number of benzene rings is 1. The molecule has 26 heavy (non-hydrogen) atoms. The summed E-state index contributed by atoms with van der Waals surface area (Å²) >= 11 is 0. The first kappa shape index (κ1) is 17.5. The van der Waals surface area contributed by atoms with E-state index in [0.29, 0.717) is 22.7 Å². The third-order valence-electron chi connectivity index (χ3n) is 3.56. The van der Waals surface area contributed by atoms with E-state index in [4.69, 9.17) is 9.15 Å². The number of sulfonamides is 1. The van der Waals surface area contributed by atoms with Crippen LogP contribution in [0.1, 0.15) is 5.56 Å². The molecule has 0 unspecified atom stereocenters. The standard InChI is InChI=1S/C18H15N3O4S/c1-24-18-15(11-19)14(17-4-3-9-25-17)10-16(20-18)12-5-7-13(8-6-12)21-26(2,22)23/h3-10,21H,1-2H3. The van der Waals surface area contributed by atoms with Gasteiger partial charge in [0.25, 0.3) is 0 Å². The lowest BCUT2D eigenvalue weighted by Gasteiger charge is -2.10. The minimum Gasteiger partial charge on any atom is -0.480 e. The lowest BCUT2D eigenvalue weighted by atomic mass is 10.0. The van der Waals surface area contributed by atoms with E-state index >= 15 is 0 Å². The molecule has 0 aliphatic heterocycles. The number of hydrogen-bond donors (Lipinski definition) is 1. The molecule has 3 rings (SSSR count).